The van der Waals surface area contributed by atoms with Gasteiger partial charge in [0.1, 0.15) is 12.4 Å². The van der Waals surface area contributed by atoms with Gasteiger partial charge in [-0.1, -0.05) is 26.0 Å². The third kappa shape index (κ3) is 4.42. The highest BCUT2D eigenvalue weighted by Gasteiger charge is 2.19. The monoisotopic (exact) mass is 374 g/mol. The van der Waals surface area contributed by atoms with Crippen LogP contribution in [0.5, 0.6) is 5.75 Å². The second-order valence-electron chi connectivity index (χ2n) is 6.47. The van der Waals surface area contributed by atoms with Crippen molar-refractivity contribution < 1.29 is 23.0 Å². The van der Waals surface area contributed by atoms with Gasteiger partial charge in [-0.2, -0.15) is 8.78 Å². The van der Waals surface area contributed by atoms with E-state index in [-0.39, 0.29) is 12.4 Å². The maximum absolute atomic E-state index is 13.4. The number of ether oxygens (including phenoxy) is 2. The fraction of sp³-hybridized carbons (Fsp3) is 0.300. The largest absolute Gasteiger partial charge is 0.493 e. The summed E-state index contributed by atoms with van der Waals surface area (Å²) < 4.78 is 38.3. The molecule has 1 aromatic heterocycles. The number of hydrogen-bond donors (Lipinski definition) is 0. The molecule has 0 saturated carbocycles. The van der Waals surface area contributed by atoms with Crippen molar-refractivity contribution >= 4 is 17.0 Å². The minimum atomic E-state index is -2.77. The highest BCUT2D eigenvalue weighted by molar-refractivity contribution is 5.89. The lowest BCUT2D eigenvalue weighted by Crippen LogP contribution is -2.10. The molecule has 0 fully saturated rings. The number of hydrogen-bond acceptors (Lipinski definition) is 4. The topological polar surface area (TPSA) is 53.4 Å². The molecular weight excluding hydrogens is 354 g/mol. The Balaban J connectivity index is 1.69. The van der Waals surface area contributed by atoms with E-state index in [4.69, 9.17) is 9.47 Å². The van der Waals surface area contributed by atoms with Gasteiger partial charge in [-0.3, -0.25) is 4.57 Å². The summed E-state index contributed by atoms with van der Waals surface area (Å²) in [4.78, 5) is 16.3. The van der Waals surface area contributed by atoms with E-state index in [0.29, 0.717) is 34.9 Å². The second-order valence-corrected chi connectivity index (χ2v) is 6.47. The minimum Gasteiger partial charge on any atom is -0.493 e. The quantitative estimate of drug-likeness (QED) is 0.556. The van der Waals surface area contributed by atoms with Crippen LogP contribution in [0.3, 0.4) is 0 Å². The number of alkyl halides is 2. The van der Waals surface area contributed by atoms with Crippen molar-refractivity contribution in [2.75, 3.05) is 6.61 Å². The van der Waals surface area contributed by atoms with Crippen molar-refractivity contribution in [1.82, 2.24) is 9.55 Å². The molecule has 2 aromatic carbocycles. The Bertz CT molecular complexity index is 921. The highest BCUT2D eigenvalue weighted by atomic mass is 19.3. The van der Waals surface area contributed by atoms with Gasteiger partial charge in [0.25, 0.3) is 0 Å². The molecule has 0 aliphatic rings. The van der Waals surface area contributed by atoms with Gasteiger partial charge >= 0.3 is 12.5 Å². The van der Waals surface area contributed by atoms with Gasteiger partial charge in [-0.15, -0.1) is 0 Å². The first-order valence-electron chi connectivity index (χ1n) is 8.59. The molecule has 0 saturated heterocycles. The number of aromatic nitrogens is 2. The molecule has 142 valence electrons. The molecule has 0 atom stereocenters. The maximum Gasteiger partial charge on any atom is 0.338 e. The number of halogens is 2. The van der Waals surface area contributed by atoms with Gasteiger partial charge in [-0.25, -0.2) is 9.78 Å². The van der Waals surface area contributed by atoms with Crippen molar-refractivity contribution in [2.45, 2.75) is 27.0 Å². The second kappa shape index (κ2) is 8.16. The average molecular weight is 374 g/mol. The van der Waals surface area contributed by atoms with Crippen LogP contribution >= 0.6 is 0 Å². The Hall–Kier alpha value is -2.96. The van der Waals surface area contributed by atoms with Crippen molar-refractivity contribution in [3.8, 4) is 5.75 Å². The zero-order chi connectivity index (χ0) is 19.4. The third-order valence-corrected chi connectivity index (χ3v) is 3.87. The van der Waals surface area contributed by atoms with Crippen LogP contribution in [0.15, 0.2) is 48.5 Å². The first-order valence-corrected chi connectivity index (χ1v) is 8.59. The Morgan fingerprint density at radius 3 is 2.48 bits per heavy atom. The molecule has 0 radical (unpaired) electrons. The number of imidazole rings is 1. The number of para-hydroxylation sites is 2. The molecule has 5 nitrogen and oxygen atoms in total. The summed E-state index contributed by atoms with van der Waals surface area (Å²) in [7, 11) is 0. The van der Waals surface area contributed by atoms with E-state index in [1.165, 1.54) is 0 Å². The smallest absolute Gasteiger partial charge is 0.338 e. The van der Waals surface area contributed by atoms with Gasteiger partial charge < -0.3 is 9.47 Å². The summed E-state index contributed by atoms with van der Waals surface area (Å²) in [5, 5.41) is 0. The van der Waals surface area contributed by atoms with Crippen LogP contribution in [0.1, 0.15) is 36.6 Å². The highest BCUT2D eigenvalue weighted by Crippen LogP contribution is 2.23. The van der Waals surface area contributed by atoms with Crippen molar-refractivity contribution in [3.05, 3.63) is 59.9 Å². The number of carbonyl (C=O) groups excluding carboxylic acids is 1. The first-order chi connectivity index (χ1) is 13.0. The molecule has 0 aliphatic carbocycles. The van der Waals surface area contributed by atoms with Crippen LogP contribution in [0.4, 0.5) is 8.78 Å². The van der Waals surface area contributed by atoms with E-state index >= 15 is 0 Å². The van der Waals surface area contributed by atoms with Gasteiger partial charge in [0.05, 0.1) is 23.2 Å². The van der Waals surface area contributed by atoms with E-state index in [1.807, 2.05) is 13.8 Å². The van der Waals surface area contributed by atoms with E-state index in [1.54, 1.807) is 48.5 Å². The summed E-state index contributed by atoms with van der Waals surface area (Å²) in [5.74, 6) is 0.429. The molecule has 1 heterocycles. The van der Waals surface area contributed by atoms with Crippen LogP contribution in [-0.4, -0.2) is 22.1 Å². The van der Waals surface area contributed by atoms with Crippen LogP contribution in [-0.2, 0) is 11.3 Å². The Labute approximate surface area is 155 Å². The van der Waals surface area contributed by atoms with Gasteiger partial charge in [-0.05, 0) is 42.3 Å². The Morgan fingerprint density at radius 1 is 1.11 bits per heavy atom. The molecule has 3 aromatic rings. The number of nitrogens with zero attached hydrogens (tertiary/aromatic N) is 2. The minimum absolute atomic E-state index is 0.00330. The third-order valence-electron chi connectivity index (χ3n) is 3.87. The fourth-order valence-corrected chi connectivity index (χ4v) is 2.58. The zero-order valence-corrected chi connectivity index (χ0v) is 15.1. The summed E-state index contributed by atoms with van der Waals surface area (Å²) in [6.07, 6.45) is 0. The van der Waals surface area contributed by atoms with Gasteiger partial charge in [0, 0.05) is 0 Å². The SMILES string of the molecule is CC(C)COc1ccc(C(=O)OCc2nc3ccccc3n2C(F)F)cc1. The molecule has 3 rings (SSSR count). The molecule has 0 N–H and O–H groups in total. The van der Waals surface area contributed by atoms with Crippen LogP contribution < -0.4 is 4.74 Å². The summed E-state index contributed by atoms with van der Waals surface area (Å²) in [5.41, 5.74) is 1.03. The van der Waals surface area contributed by atoms with Gasteiger partial charge in [0.15, 0.2) is 5.82 Å². The first kappa shape index (κ1) is 18.8. The van der Waals surface area contributed by atoms with Crippen molar-refractivity contribution in [3.63, 3.8) is 0 Å². The number of carbonyl (C=O) groups is 1. The standard InChI is InChI=1S/C20H20F2N2O3/c1-13(2)11-26-15-9-7-14(8-10-15)19(25)27-12-18-23-16-5-3-4-6-17(16)24(18)20(21)22/h3-10,13,20H,11-12H2,1-2H3. The van der Waals surface area contributed by atoms with E-state index in [2.05, 4.69) is 4.98 Å². The number of benzene rings is 2. The van der Waals surface area contributed by atoms with E-state index in [0.717, 1.165) is 4.57 Å². The lowest BCUT2D eigenvalue weighted by Gasteiger charge is -2.10. The molecule has 0 bridgehead atoms. The van der Waals surface area contributed by atoms with Crippen molar-refractivity contribution in [2.24, 2.45) is 5.92 Å². The number of fused-ring (bicyclic) bond motifs is 1. The predicted molar refractivity (Wildman–Crippen MR) is 96.9 cm³/mol. The lowest BCUT2D eigenvalue weighted by atomic mass is 10.2. The molecular formula is C20H20F2N2O3. The van der Waals surface area contributed by atoms with Crippen LogP contribution in [0.2, 0.25) is 0 Å². The summed E-state index contributed by atoms with van der Waals surface area (Å²) in [6.45, 7) is 1.54. The maximum atomic E-state index is 13.4. The van der Waals surface area contributed by atoms with E-state index < -0.39 is 12.5 Å². The average Bonchev–Trinajstić information content (AvgIpc) is 3.03. The molecule has 0 aliphatic heterocycles. The van der Waals surface area contributed by atoms with Crippen LogP contribution in [0.25, 0.3) is 11.0 Å². The van der Waals surface area contributed by atoms with Crippen molar-refractivity contribution in [1.29, 1.82) is 0 Å². The molecule has 7 heteroatoms. The lowest BCUT2D eigenvalue weighted by molar-refractivity contribution is 0.0387. The fourth-order valence-electron chi connectivity index (χ4n) is 2.58. The molecule has 0 spiro atoms. The zero-order valence-electron chi connectivity index (χ0n) is 15.1. The summed E-state index contributed by atoms with van der Waals surface area (Å²) in [6, 6.07) is 13.1. The Morgan fingerprint density at radius 2 is 1.81 bits per heavy atom. The van der Waals surface area contributed by atoms with Gasteiger partial charge in [0.2, 0.25) is 0 Å². The predicted octanol–water partition coefficient (Wildman–Crippen LogP) is 4.82. The molecule has 0 unspecified atom stereocenters. The Kier molecular flexibility index (Phi) is 5.69. The number of rotatable bonds is 7. The molecule has 27 heavy (non-hydrogen) atoms. The van der Waals surface area contributed by atoms with E-state index in [9.17, 15) is 13.6 Å². The number of esters is 1. The summed E-state index contributed by atoms with van der Waals surface area (Å²) >= 11 is 0. The van der Waals surface area contributed by atoms with Crippen LogP contribution in [0, 0.1) is 5.92 Å². The molecule has 0 amide bonds. The normalized spacial score (nSPS) is 11.3.